The van der Waals surface area contributed by atoms with Gasteiger partial charge in [-0.1, -0.05) is 70.4 Å². The van der Waals surface area contributed by atoms with Crippen molar-refractivity contribution in [2.75, 3.05) is 18.9 Å². The van der Waals surface area contributed by atoms with Crippen molar-refractivity contribution < 1.29 is 41.9 Å². The second-order valence-corrected chi connectivity index (χ2v) is 18.0. The van der Waals surface area contributed by atoms with Gasteiger partial charge in [0.25, 0.3) is 5.91 Å². The number of nitrogens with one attached hydrogen (secondary N) is 3. The molecule has 15 heteroatoms. The highest BCUT2D eigenvalue weighted by molar-refractivity contribution is 7.90. The number of carbonyl (C=O) groups is 5. The number of carbonyl (C=O) groups excluding carboxylic acids is 5. The first-order chi connectivity index (χ1) is 25.2. The van der Waals surface area contributed by atoms with Crippen LogP contribution in [0.15, 0.2) is 30.4 Å². The topological polar surface area (TPSA) is 181 Å². The normalized spacial score (nSPS) is 30.0. The minimum atomic E-state index is -3.94. The van der Waals surface area contributed by atoms with Gasteiger partial charge in [0.2, 0.25) is 21.8 Å². The third-order valence-corrected chi connectivity index (χ3v) is 12.4. The predicted molar refractivity (Wildman–Crippen MR) is 194 cm³/mol. The maximum absolute atomic E-state index is 14.4. The molecule has 0 radical (unpaired) electrons. The van der Waals surface area contributed by atoms with Crippen molar-refractivity contribution in [3.63, 3.8) is 0 Å². The van der Waals surface area contributed by atoms with Gasteiger partial charge < -0.3 is 25.0 Å². The fraction of sp³-hybridized carbons (Fsp3) is 0.658. The van der Waals surface area contributed by atoms with Crippen LogP contribution in [-0.2, 0) is 53.4 Å². The summed E-state index contributed by atoms with van der Waals surface area (Å²) >= 11 is 0. The summed E-state index contributed by atoms with van der Waals surface area (Å²) in [5.74, 6) is -2.73. The van der Waals surface area contributed by atoms with Gasteiger partial charge in [-0.25, -0.2) is 18.0 Å². The minimum Gasteiger partial charge on any atom is -0.450 e. The second kappa shape index (κ2) is 15.7. The van der Waals surface area contributed by atoms with Crippen LogP contribution in [0, 0.1) is 11.3 Å². The Bertz CT molecular complexity index is 1740. The summed E-state index contributed by atoms with van der Waals surface area (Å²) in [5, 5.41) is 5.54. The van der Waals surface area contributed by atoms with E-state index in [1.165, 1.54) is 10.5 Å². The third kappa shape index (κ3) is 8.98. The van der Waals surface area contributed by atoms with E-state index >= 15 is 0 Å². The van der Waals surface area contributed by atoms with Gasteiger partial charge in [0.1, 0.15) is 23.7 Å². The van der Waals surface area contributed by atoms with Gasteiger partial charge in [-0.2, -0.15) is 0 Å². The summed E-state index contributed by atoms with van der Waals surface area (Å²) < 4.78 is 39.2. The zero-order valence-electron chi connectivity index (χ0n) is 31.0. The third-order valence-electron chi connectivity index (χ3n) is 11.1. The first kappa shape index (κ1) is 38.6. The van der Waals surface area contributed by atoms with Crippen molar-refractivity contribution in [1.82, 2.24) is 25.2 Å². The van der Waals surface area contributed by atoms with Crippen LogP contribution in [0.2, 0.25) is 0 Å². The molecule has 0 spiro atoms. The van der Waals surface area contributed by atoms with Crippen LogP contribution in [0.25, 0.3) is 0 Å². The number of hydrogen-bond donors (Lipinski definition) is 3. The van der Waals surface area contributed by atoms with Crippen LogP contribution in [0.3, 0.4) is 0 Å². The quantitative estimate of drug-likeness (QED) is 0.379. The number of rotatable bonds is 2. The van der Waals surface area contributed by atoms with Gasteiger partial charge >= 0.3 is 12.2 Å². The summed E-state index contributed by atoms with van der Waals surface area (Å²) in [5.41, 5.74) is 1.01. The van der Waals surface area contributed by atoms with Crippen LogP contribution in [0.4, 0.5) is 9.59 Å². The maximum Gasteiger partial charge on any atom is 0.410 e. The van der Waals surface area contributed by atoms with Crippen molar-refractivity contribution in [2.24, 2.45) is 11.3 Å². The van der Waals surface area contributed by atoms with Crippen molar-refractivity contribution in [1.29, 1.82) is 0 Å². The van der Waals surface area contributed by atoms with E-state index in [0.29, 0.717) is 38.8 Å². The Balaban J connectivity index is 1.27. The Morgan fingerprint density at radius 1 is 0.981 bits per heavy atom. The lowest BCUT2D eigenvalue weighted by atomic mass is 9.85. The van der Waals surface area contributed by atoms with Crippen molar-refractivity contribution in [2.45, 2.75) is 128 Å². The molecule has 5 amide bonds. The molecule has 4 aliphatic heterocycles. The monoisotopic (exact) mass is 755 g/mol. The average Bonchev–Trinajstić information content (AvgIpc) is 3.38. The van der Waals surface area contributed by atoms with Crippen LogP contribution in [0.5, 0.6) is 0 Å². The fourth-order valence-electron chi connectivity index (χ4n) is 7.92. The molecule has 1 aromatic rings. The SMILES string of the molecule is CC(C)(C)[C@@H]1NC(=O)OCCCCCCc2cccc3c2CN(C3)C(=O)O[C@@H]2C[C@@H](C(=O)N[C@]34C[C@H]3C=CCCCCCS(=O)(=O)NC4=O)N(C2)C1=O. The summed E-state index contributed by atoms with van der Waals surface area (Å²) in [6.45, 7) is 6.19. The molecular formula is C38H53N5O9S. The second-order valence-electron chi connectivity index (χ2n) is 16.2. The molecule has 4 heterocycles. The Kier molecular flexibility index (Phi) is 11.4. The van der Waals surface area contributed by atoms with E-state index in [0.717, 1.165) is 43.2 Å². The molecule has 53 heavy (non-hydrogen) atoms. The molecule has 1 saturated heterocycles. The van der Waals surface area contributed by atoms with Crippen molar-refractivity contribution in [3.8, 4) is 0 Å². The van der Waals surface area contributed by atoms with E-state index in [-0.39, 0.29) is 31.7 Å². The van der Waals surface area contributed by atoms with Gasteiger partial charge in [-0.15, -0.1) is 0 Å². The van der Waals surface area contributed by atoms with E-state index in [2.05, 4.69) is 21.4 Å². The number of cyclic esters (lactones) is 1. The number of hydrogen-bond acceptors (Lipinski definition) is 9. The van der Waals surface area contributed by atoms with Gasteiger partial charge in [0, 0.05) is 25.4 Å². The highest BCUT2D eigenvalue weighted by Crippen LogP contribution is 2.46. The Hall–Kier alpha value is -4.14. The molecule has 1 aliphatic carbocycles. The molecule has 14 nitrogen and oxygen atoms in total. The number of fused-ring (bicyclic) bond motifs is 4. The molecule has 1 saturated carbocycles. The number of aryl methyl sites for hydroxylation is 1. The van der Waals surface area contributed by atoms with Gasteiger partial charge in [0.15, 0.2) is 0 Å². The molecule has 4 bridgehead atoms. The van der Waals surface area contributed by atoms with Crippen molar-refractivity contribution >= 4 is 39.9 Å². The molecular weight excluding hydrogens is 703 g/mol. The lowest BCUT2D eigenvalue weighted by molar-refractivity contribution is -0.142. The molecule has 0 unspecified atom stereocenters. The molecule has 6 rings (SSSR count). The lowest BCUT2D eigenvalue weighted by Gasteiger charge is -2.35. The van der Waals surface area contributed by atoms with E-state index < -0.39 is 75.0 Å². The molecule has 5 atom stereocenters. The largest absolute Gasteiger partial charge is 0.450 e. The van der Waals surface area contributed by atoms with Crippen LogP contribution < -0.4 is 15.4 Å². The number of alkyl carbamates (subject to hydrolysis) is 1. The van der Waals surface area contributed by atoms with E-state index in [9.17, 15) is 32.4 Å². The van der Waals surface area contributed by atoms with Crippen molar-refractivity contribution in [3.05, 3.63) is 47.0 Å². The highest BCUT2D eigenvalue weighted by Gasteiger charge is 2.61. The minimum absolute atomic E-state index is 0.0623. The van der Waals surface area contributed by atoms with Crippen LogP contribution >= 0.6 is 0 Å². The number of amides is 5. The number of benzene rings is 1. The number of sulfonamides is 1. The van der Waals surface area contributed by atoms with Gasteiger partial charge in [0.05, 0.1) is 18.9 Å². The summed E-state index contributed by atoms with van der Waals surface area (Å²) in [7, 11) is -3.94. The number of nitrogens with zero attached hydrogens (tertiary/aromatic N) is 2. The fourth-order valence-corrected chi connectivity index (χ4v) is 9.07. The maximum atomic E-state index is 14.4. The van der Waals surface area contributed by atoms with Gasteiger partial charge in [-0.05, 0) is 67.1 Å². The smallest absolute Gasteiger partial charge is 0.410 e. The van der Waals surface area contributed by atoms with Crippen LogP contribution in [0.1, 0.15) is 102 Å². The Labute approximate surface area is 311 Å². The lowest BCUT2D eigenvalue weighted by Crippen LogP contribution is -2.60. The zero-order valence-corrected chi connectivity index (χ0v) is 31.8. The average molecular weight is 756 g/mol. The molecule has 3 N–H and O–H groups in total. The molecule has 290 valence electrons. The molecule has 5 aliphatic rings. The van der Waals surface area contributed by atoms with E-state index in [4.69, 9.17) is 9.47 Å². The van der Waals surface area contributed by atoms with Crippen LogP contribution in [-0.4, -0.2) is 90.8 Å². The standard InChI is InChI=1S/C38H53N5O9S/c1-37(2,3)31-33(45)43-23-28(20-30(43)32(44)40-38-21-27(38)17-10-5-4-8-12-19-53(49,50)41-34(38)46)52-36(48)42-22-26-16-13-15-25(29(26)24-42)14-9-6-7-11-18-51-35(47)39-31/h10,13,15-17,27-28,30-31H,4-9,11-12,14,18-24H2,1-3H3,(H,39,47)(H,40,44)(H,41,46)/t27-,28-,30+,31-,38-/m1/s1. The number of allylic oxidation sites excluding steroid dienone is 1. The highest BCUT2D eigenvalue weighted by atomic mass is 32.2. The summed E-state index contributed by atoms with van der Waals surface area (Å²) in [6.07, 6.45) is 8.61. The van der Waals surface area contributed by atoms with E-state index in [1.54, 1.807) is 25.7 Å². The van der Waals surface area contributed by atoms with Gasteiger partial charge in [-0.3, -0.25) is 24.0 Å². The first-order valence-electron chi connectivity index (χ1n) is 19.0. The Morgan fingerprint density at radius 3 is 2.53 bits per heavy atom. The zero-order chi connectivity index (χ0) is 38.0. The molecule has 0 aromatic heterocycles. The predicted octanol–water partition coefficient (Wildman–Crippen LogP) is 3.82. The first-order valence-corrected chi connectivity index (χ1v) is 20.6. The summed E-state index contributed by atoms with van der Waals surface area (Å²) in [6, 6.07) is 3.79. The molecule has 2 fully saturated rings. The Morgan fingerprint density at radius 2 is 1.74 bits per heavy atom. The van der Waals surface area contributed by atoms with E-state index in [1.807, 2.05) is 24.3 Å². The molecule has 1 aromatic carbocycles. The summed E-state index contributed by atoms with van der Waals surface area (Å²) in [4.78, 5) is 71.9. The number of ether oxygens (including phenoxy) is 2.